The fourth-order valence-corrected chi connectivity index (χ4v) is 3.64. The van der Waals surface area contributed by atoms with Crippen LogP contribution in [0, 0.1) is 17.6 Å². The first kappa shape index (κ1) is 16.2. The highest BCUT2D eigenvalue weighted by Gasteiger charge is 2.49. The van der Waals surface area contributed by atoms with Crippen molar-refractivity contribution in [2.45, 2.75) is 36.6 Å². The lowest BCUT2D eigenvalue weighted by Crippen LogP contribution is -2.59. The maximum atomic E-state index is 13.7. The molecule has 0 aliphatic heterocycles. The molecule has 1 aromatic rings. The van der Waals surface area contributed by atoms with Gasteiger partial charge in [0, 0.05) is 10.6 Å². The summed E-state index contributed by atoms with van der Waals surface area (Å²) in [6, 6.07) is 3.33. The second kappa shape index (κ2) is 6.75. The van der Waals surface area contributed by atoms with E-state index in [4.69, 9.17) is 5.73 Å². The average molecular weight is 314 g/mol. The fraction of sp³-hybridized carbons (Fsp3) is 0.533. The fourth-order valence-electron chi connectivity index (χ4n) is 2.38. The summed E-state index contributed by atoms with van der Waals surface area (Å²) in [5.41, 5.74) is 4.77. The Bertz CT molecular complexity index is 522. The van der Waals surface area contributed by atoms with E-state index in [9.17, 15) is 13.6 Å². The van der Waals surface area contributed by atoms with Gasteiger partial charge < -0.3 is 11.1 Å². The number of primary amides is 1. The standard InChI is InChI=1S/C15H20F2N2OS/c1-2-7-19-15(14(18)20,10-3-4-10)9-21-13-8-11(16)5-6-12(13)17/h5-6,8,10,19H,2-4,7,9H2,1H3,(H2,18,20). The molecule has 116 valence electrons. The molecule has 21 heavy (non-hydrogen) atoms. The maximum Gasteiger partial charge on any atom is 0.238 e. The van der Waals surface area contributed by atoms with Crippen LogP contribution < -0.4 is 11.1 Å². The zero-order valence-electron chi connectivity index (χ0n) is 12.0. The van der Waals surface area contributed by atoms with Crippen LogP contribution in [0.5, 0.6) is 0 Å². The zero-order chi connectivity index (χ0) is 15.5. The van der Waals surface area contributed by atoms with Gasteiger partial charge in [0.15, 0.2) is 0 Å². The molecule has 0 aromatic heterocycles. The molecule has 1 fully saturated rings. The topological polar surface area (TPSA) is 55.1 Å². The molecule has 1 aliphatic carbocycles. The van der Waals surface area contributed by atoms with Crippen LogP contribution in [0.3, 0.4) is 0 Å². The summed E-state index contributed by atoms with van der Waals surface area (Å²) >= 11 is 1.14. The van der Waals surface area contributed by atoms with E-state index < -0.39 is 23.1 Å². The third-order valence-corrected chi connectivity index (χ3v) is 4.98. The van der Waals surface area contributed by atoms with Gasteiger partial charge in [-0.1, -0.05) is 6.92 Å². The van der Waals surface area contributed by atoms with Gasteiger partial charge >= 0.3 is 0 Å². The molecule has 3 N–H and O–H groups in total. The summed E-state index contributed by atoms with van der Waals surface area (Å²) in [6.45, 7) is 2.68. The molecule has 1 aromatic carbocycles. The second-order valence-electron chi connectivity index (χ2n) is 5.40. The summed E-state index contributed by atoms with van der Waals surface area (Å²) in [4.78, 5) is 12.2. The monoisotopic (exact) mass is 314 g/mol. The molecule has 0 radical (unpaired) electrons. The van der Waals surface area contributed by atoms with E-state index >= 15 is 0 Å². The van der Waals surface area contributed by atoms with E-state index in [2.05, 4.69) is 5.32 Å². The number of nitrogens with one attached hydrogen (secondary N) is 1. The van der Waals surface area contributed by atoms with Crippen molar-refractivity contribution in [1.29, 1.82) is 0 Å². The minimum Gasteiger partial charge on any atom is -0.368 e. The molecule has 2 rings (SSSR count). The molecular formula is C15H20F2N2OS. The SMILES string of the molecule is CCCNC(CSc1cc(F)ccc1F)(C(N)=O)C1CC1. The minimum atomic E-state index is -0.834. The molecule has 3 nitrogen and oxygen atoms in total. The lowest BCUT2D eigenvalue weighted by atomic mass is 9.94. The van der Waals surface area contributed by atoms with Gasteiger partial charge in [-0.3, -0.25) is 4.79 Å². The summed E-state index contributed by atoms with van der Waals surface area (Å²) in [5.74, 6) is -0.885. The van der Waals surface area contributed by atoms with Crippen molar-refractivity contribution in [3.05, 3.63) is 29.8 Å². The number of amides is 1. The number of benzene rings is 1. The summed E-state index contributed by atoms with van der Waals surface area (Å²) < 4.78 is 26.9. The first-order chi connectivity index (χ1) is 9.99. The van der Waals surface area contributed by atoms with Crippen molar-refractivity contribution in [3.63, 3.8) is 0 Å². The van der Waals surface area contributed by atoms with Crippen molar-refractivity contribution < 1.29 is 13.6 Å². The molecular weight excluding hydrogens is 294 g/mol. The van der Waals surface area contributed by atoms with Gasteiger partial charge in [-0.25, -0.2) is 8.78 Å². The minimum absolute atomic E-state index is 0.186. The Morgan fingerprint density at radius 2 is 2.19 bits per heavy atom. The molecule has 0 spiro atoms. The number of halogens is 2. The third kappa shape index (κ3) is 3.74. The Hall–Kier alpha value is -1.14. The van der Waals surface area contributed by atoms with Gasteiger partial charge in [0.25, 0.3) is 0 Å². The van der Waals surface area contributed by atoms with Crippen LogP contribution in [-0.4, -0.2) is 23.7 Å². The maximum absolute atomic E-state index is 13.7. The number of nitrogens with two attached hydrogens (primary N) is 1. The number of carbonyl (C=O) groups is 1. The van der Waals surface area contributed by atoms with Gasteiger partial charge in [0.1, 0.15) is 17.2 Å². The first-order valence-corrected chi connectivity index (χ1v) is 8.11. The molecule has 0 bridgehead atoms. The lowest BCUT2D eigenvalue weighted by Gasteiger charge is -2.32. The Kier molecular flexibility index (Phi) is 5.22. The first-order valence-electron chi connectivity index (χ1n) is 7.12. The van der Waals surface area contributed by atoms with Gasteiger partial charge in [-0.05, 0) is 49.9 Å². The Morgan fingerprint density at radius 1 is 1.48 bits per heavy atom. The number of hydrogen-bond donors (Lipinski definition) is 2. The van der Waals surface area contributed by atoms with E-state index in [1.54, 1.807) is 0 Å². The van der Waals surface area contributed by atoms with E-state index in [0.29, 0.717) is 12.3 Å². The number of thioether (sulfide) groups is 1. The largest absolute Gasteiger partial charge is 0.368 e. The highest BCUT2D eigenvalue weighted by atomic mass is 32.2. The summed E-state index contributed by atoms with van der Waals surface area (Å²) in [7, 11) is 0. The van der Waals surface area contributed by atoms with Crippen molar-refractivity contribution in [1.82, 2.24) is 5.32 Å². The molecule has 6 heteroatoms. The van der Waals surface area contributed by atoms with Gasteiger partial charge in [0.05, 0.1) is 0 Å². The molecule has 1 amide bonds. The summed E-state index contributed by atoms with van der Waals surface area (Å²) in [5, 5.41) is 3.24. The van der Waals surface area contributed by atoms with Crippen LogP contribution in [0.15, 0.2) is 23.1 Å². The predicted octanol–water partition coefficient (Wildman–Crippen LogP) is 2.69. The quantitative estimate of drug-likeness (QED) is 0.725. The number of carbonyl (C=O) groups excluding carboxylic acids is 1. The molecule has 1 atom stereocenters. The summed E-state index contributed by atoms with van der Waals surface area (Å²) in [6.07, 6.45) is 2.75. The van der Waals surface area contributed by atoms with Crippen LogP contribution in [0.1, 0.15) is 26.2 Å². The molecule has 0 saturated heterocycles. The molecule has 1 saturated carbocycles. The second-order valence-corrected chi connectivity index (χ2v) is 6.42. The van der Waals surface area contributed by atoms with E-state index in [1.807, 2.05) is 6.92 Å². The third-order valence-electron chi connectivity index (χ3n) is 3.75. The van der Waals surface area contributed by atoms with Crippen molar-refractivity contribution in [2.24, 2.45) is 11.7 Å². The molecule has 1 aliphatic rings. The molecule has 0 heterocycles. The van der Waals surface area contributed by atoms with Crippen molar-refractivity contribution in [2.75, 3.05) is 12.3 Å². The van der Waals surface area contributed by atoms with Crippen LogP contribution in [-0.2, 0) is 4.79 Å². The van der Waals surface area contributed by atoms with Crippen molar-refractivity contribution in [3.8, 4) is 0 Å². The van der Waals surface area contributed by atoms with Gasteiger partial charge in [-0.15, -0.1) is 11.8 Å². The zero-order valence-corrected chi connectivity index (χ0v) is 12.8. The van der Waals surface area contributed by atoms with Crippen LogP contribution in [0.2, 0.25) is 0 Å². The normalized spacial score (nSPS) is 17.5. The Morgan fingerprint density at radius 3 is 2.76 bits per heavy atom. The molecule has 1 unspecified atom stereocenters. The van der Waals surface area contributed by atoms with Crippen LogP contribution >= 0.6 is 11.8 Å². The average Bonchev–Trinajstić information content (AvgIpc) is 3.27. The van der Waals surface area contributed by atoms with Gasteiger partial charge in [0.2, 0.25) is 5.91 Å². The number of rotatable bonds is 8. The Labute approximate surface area is 127 Å². The van der Waals surface area contributed by atoms with Crippen LogP contribution in [0.25, 0.3) is 0 Å². The smallest absolute Gasteiger partial charge is 0.238 e. The lowest BCUT2D eigenvalue weighted by molar-refractivity contribution is -0.124. The van der Waals surface area contributed by atoms with Crippen molar-refractivity contribution >= 4 is 17.7 Å². The van der Waals surface area contributed by atoms with E-state index in [1.165, 1.54) is 0 Å². The van der Waals surface area contributed by atoms with Crippen LogP contribution in [0.4, 0.5) is 8.78 Å². The number of hydrogen-bond acceptors (Lipinski definition) is 3. The van der Waals surface area contributed by atoms with E-state index in [-0.39, 0.29) is 10.8 Å². The van der Waals surface area contributed by atoms with Gasteiger partial charge in [-0.2, -0.15) is 0 Å². The highest BCUT2D eigenvalue weighted by molar-refractivity contribution is 7.99. The predicted molar refractivity (Wildman–Crippen MR) is 80.0 cm³/mol. The van der Waals surface area contributed by atoms with E-state index in [0.717, 1.165) is 49.2 Å². The Balaban J connectivity index is 2.15. The highest BCUT2D eigenvalue weighted by Crippen LogP contribution is 2.42.